The standard InChI is InChI=1S/C15H17BrN2/c1-11-3-2-4-12(9-11)15(10-17)18-14-7-5-13(16)6-8-14/h2-9,15,18H,10,17H2,1H3. The molecular weight excluding hydrogens is 288 g/mol. The van der Waals surface area contributed by atoms with Crippen LogP contribution in [-0.2, 0) is 0 Å². The summed E-state index contributed by atoms with van der Waals surface area (Å²) in [5, 5.41) is 3.45. The second kappa shape index (κ2) is 6.03. The monoisotopic (exact) mass is 304 g/mol. The number of nitrogens with two attached hydrogens (primary N) is 1. The molecule has 18 heavy (non-hydrogen) atoms. The summed E-state index contributed by atoms with van der Waals surface area (Å²) in [5.74, 6) is 0. The Morgan fingerprint density at radius 1 is 1.17 bits per heavy atom. The number of benzene rings is 2. The summed E-state index contributed by atoms with van der Waals surface area (Å²) in [5.41, 5.74) is 9.42. The zero-order chi connectivity index (χ0) is 13.0. The van der Waals surface area contributed by atoms with Gasteiger partial charge in [0.2, 0.25) is 0 Å². The largest absolute Gasteiger partial charge is 0.377 e. The molecule has 2 rings (SSSR count). The van der Waals surface area contributed by atoms with Crippen LogP contribution in [0.25, 0.3) is 0 Å². The summed E-state index contributed by atoms with van der Waals surface area (Å²) >= 11 is 3.43. The Bertz CT molecular complexity index is 508. The molecule has 0 saturated heterocycles. The third-order valence-corrected chi connectivity index (χ3v) is 3.39. The zero-order valence-electron chi connectivity index (χ0n) is 10.4. The zero-order valence-corrected chi connectivity index (χ0v) is 11.9. The van der Waals surface area contributed by atoms with Crippen LogP contribution in [0.15, 0.2) is 53.0 Å². The Hall–Kier alpha value is -1.32. The van der Waals surface area contributed by atoms with Crippen molar-refractivity contribution in [2.75, 3.05) is 11.9 Å². The van der Waals surface area contributed by atoms with Gasteiger partial charge >= 0.3 is 0 Å². The van der Waals surface area contributed by atoms with E-state index in [1.54, 1.807) is 0 Å². The van der Waals surface area contributed by atoms with Gasteiger partial charge in [-0.25, -0.2) is 0 Å². The molecule has 1 atom stereocenters. The van der Waals surface area contributed by atoms with Gasteiger partial charge in [-0.3, -0.25) is 0 Å². The van der Waals surface area contributed by atoms with E-state index in [4.69, 9.17) is 5.73 Å². The lowest BCUT2D eigenvalue weighted by Crippen LogP contribution is -2.20. The third-order valence-electron chi connectivity index (χ3n) is 2.87. The summed E-state index contributed by atoms with van der Waals surface area (Å²) in [4.78, 5) is 0. The molecule has 2 aromatic rings. The van der Waals surface area contributed by atoms with Gasteiger partial charge in [0, 0.05) is 16.7 Å². The first-order valence-electron chi connectivity index (χ1n) is 5.98. The van der Waals surface area contributed by atoms with E-state index < -0.39 is 0 Å². The van der Waals surface area contributed by atoms with E-state index >= 15 is 0 Å². The van der Waals surface area contributed by atoms with Crippen molar-refractivity contribution in [1.82, 2.24) is 0 Å². The van der Waals surface area contributed by atoms with Gasteiger partial charge < -0.3 is 11.1 Å². The van der Waals surface area contributed by atoms with Gasteiger partial charge in [0.25, 0.3) is 0 Å². The second-order valence-corrected chi connectivity index (χ2v) is 5.27. The van der Waals surface area contributed by atoms with E-state index in [1.165, 1.54) is 11.1 Å². The highest BCUT2D eigenvalue weighted by Gasteiger charge is 2.09. The summed E-state index contributed by atoms with van der Waals surface area (Å²) in [6.45, 7) is 2.66. The van der Waals surface area contributed by atoms with Crippen molar-refractivity contribution >= 4 is 21.6 Å². The van der Waals surface area contributed by atoms with Crippen LogP contribution >= 0.6 is 15.9 Å². The van der Waals surface area contributed by atoms with Crippen LogP contribution in [-0.4, -0.2) is 6.54 Å². The second-order valence-electron chi connectivity index (χ2n) is 4.35. The first-order valence-corrected chi connectivity index (χ1v) is 6.77. The fraction of sp³-hybridized carbons (Fsp3) is 0.200. The van der Waals surface area contributed by atoms with Crippen molar-refractivity contribution in [3.63, 3.8) is 0 Å². The molecule has 0 aromatic heterocycles. The fourth-order valence-electron chi connectivity index (χ4n) is 1.91. The predicted molar refractivity (Wildman–Crippen MR) is 80.7 cm³/mol. The summed E-state index contributed by atoms with van der Waals surface area (Å²) in [7, 11) is 0. The van der Waals surface area contributed by atoms with Crippen molar-refractivity contribution in [1.29, 1.82) is 0 Å². The predicted octanol–water partition coefficient (Wildman–Crippen LogP) is 3.87. The Morgan fingerprint density at radius 2 is 1.89 bits per heavy atom. The van der Waals surface area contributed by atoms with Crippen LogP contribution < -0.4 is 11.1 Å². The first kappa shape index (κ1) is 13.1. The molecule has 3 N–H and O–H groups in total. The van der Waals surface area contributed by atoms with E-state index in [1.807, 2.05) is 24.3 Å². The molecule has 0 amide bonds. The van der Waals surface area contributed by atoms with Gasteiger partial charge in [-0.2, -0.15) is 0 Å². The number of aryl methyl sites for hydroxylation is 1. The molecule has 0 fully saturated rings. The fourth-order valence-corrected chi connectivity index (χ4v) is 2.18. The summed E-state index contributed by atoms with van der Waals surface area (Å²) < 4.78 is 1.08. The van der Waals surface area contributed by atoms with Crippen LogP contribution in [0.2, 0.25) is 0 Å². The van der Waals surface area contributed by atoms with E-state index in [0.717, 1.165) is 10.2 Å². The van der Waals surface area contributed by atoms with Gasteiger partial charge in [-0.15, -0.1) is 0 Å². The minimum atomic E-state index is 0.145. The van der Waals surface area contributed by atoms with Crippen LogP contribution in [0.5, 0.6) is 0 Å². The maximum Gasteiger partial charge on any atom is 0.0636 e. The summed E-state index contributed by atoms with van der Waals surface area (Å²) in [6.07, 6.45) is 0. The van der Waals surface area contributed by atoms with E-state index in [-0.39, 0.29) is 6.04 Å². The van der Waals surface area contributed by atoms with Gasteiger partial charge in [0.1, 0.15) is 0 Å². The van der Waals surface area contributed by atoms with Gasteiger partial charge in [-0.1, -0.05) is 45.8 Å². The quantitative estimate of drug-likeness (QED) is 0.900. The molecule has 2 nitrogen and oxygen atoms in total. The van der Waals surface area contributed by atoms with Crippen molar-refractivity contribution in [3.8, 4) is 0 Å². The number of rotatable bonds is 4. The van der Waals surface area contributed by atoms with Crippen molar-refractivity contribution in [3.05, 3.63) is 64.1 Å². The van der Waals surface area contributed by atoms with Crippen LogP contribution in [0.4, 0.5) is 5.69 Å². The molecule has 0 aliphatic carbocycles. The topological polar surface area (TPSA) is 38.0 Å². The first-order chi connectivity index (χ1) is 8.69. The SMILES string of the molecule is Cc1cccc(C(CN)Nc2ccc(Br)cc2)c1. The number of anilines is 1. The lowest BCUT2D eigenvalue weighted by molar-refractivity contribution is 0.789. The van der Waals surface area contributed by atoms with Gasteiger partial charge in [-0.05, 0) is 36.8 Å². The van der Waals surface area contributed by atoms with Crippen LogP contribution in [0, 0.1) is 6.92 Å². The minimum Gasteiger partial charge on any atom is -0.377 e. The Balaban J connectivity index is 2.17. The Kier molecular flexibility index (Phi) is 4.39. The molecule has 0 bridgehead atoms. The highest BCUT2D eigenvalue weighted by molar-refractivity contribution is 9.10. The average Bonchev–Trinajstić information content (AvgIpc) is 2.38. The smallest absolute Gasteiger partial charge is 0.0636 e. The number of hydrogen-bond acceptors (Lipinski definition) is 2. The van der Waals surface area contributed by atoms with E-state index in [2.05, 4.69) is 52.4 Å². The average molecular weight is 305 g/mol. The van der Waals surface area contributed by atoms with Crippen LogP contribution in [0.3, 0.4) is 0 Å². The molecule has 0 aliphatic heterocycles. The maximum atomic E-state index is 5.86. The molecule has 94 valence electrons. The molecule has 1 unspecified atom stereocenters. The lowest BCUT2D eigenvalue weighted by Gasteiger charge is -2.19. The maximum absolute atomic E-state index is 5.86. The highest BCUT2D eigenvalue weighted by atomic mass is 79.9. The Morgan fingerprint density at radius 3 is 2.50 bits per heavy atom. The molecule has 0 spiro atoms. The molecule has 0 saturated carbocycles. The molecule has 3 heteroatoms. The van der Waals surface area contributed by atoms with Gasteiger partial charge in [0.15, 0.2) is 0 Å². The molecule has 0 aliphatic rings. The van der Waals surface area contributed by atoms with E-state index in [0.29, 0.717) is 6.54 Å². The molecule has 2 aromatic carbocycles. The molecular formula is C15H17BrN2. The molecule has 0 radical (unpaired) electrons. The normalized spacial score (nSPS) is 12.2. The van der Waals surface area contributed by atoms with E-state index in [9.17, 15) is 0 Å². The van der Waals surface area contributed by atoms with Gasteiger partial charge in [0.05, 0.1) is 6.04 Å². The van der Waals surface area contributed by atoms with Crippen LogP contribution in [0.1, 0.15) is 17.2 Å². The highest BCUT2D eigenvalue weighted by Crippen LogP contribution is 2.21. The number of nitrogens with one attached hydrogen (secondary N) is 1. The van der Waals surface area contributed by atoms with Crippen molar-refractivity contribution in [2.45, 2.75) is 13.0 Å². The minimum absolute atomic E-state index is 0.145. The van der Waals surface area contributed by atoms with Crippen molar-refractivity contribution in [2.24, 2.45) is 5.73 Å². The number of hydrogen-bond donors (Lipinski definition) is 2. The molecule has 0 heterocycles. The Labute approximate surface area is 116 Å². The number of halogens is 1. The lowest BCUT2D eigenvalue weighted by atomic mass is 10.0. The summed E-state index contributed by atoms with van der Waals surface area (Å²) in [6, 6.07) is 16.7. The third kappa shape index (κ3) is 3.34. The van der Waals surface area contributed by atoms with Crippen molar-refractivity contribution < 1.29 is 0 Å².